The highest BCUT2D eigenvalue weighted by atomic mass is 15.2. The van der Waals surface area contributed by atoms with Crippen LogP contribution in [0.4, 0.5) is 0 Å². The number of hydrogen-bond acceptors (Lipinski definition) is 2. The largest absolute Gasteiger partial charge is 0.309 e. The number of nitrogens with zero attached hydrogens (tertiary/aromatic N) is 1. The lowest BCUT2D eigenvalue weighted by Gasteiger charge is -2.33. The highest BCUT2D eigenvalue weighted by Crippen LogP contribution is 2.27. The van der Waals surface area contributed by atoms with Gasteiger partial charge in [-0.15, -0.1) is 0 Å². The van der Waals surface area contributed by atoms with Gasteiger partial charge in [0, 0.05) is 18.6 Å². The van der Waals surface area contributed by atoms with Crippen molar-refractivity contribution in [1.82, 2.24) is 10.2 Å². The van der Waals surface area contributed by atoms with Crippen LogP contribution in [0.2, 0.25) is 0 Å². The summed E-state index contributed by atoms with van der Waals surface area (Å²) in [6.45, 7) is 2.28. The summed E-state index contributed by atoms with van der Waals surface area (Å²) in [5.74, 6) is 0. The lowest BCUT2D eigenvalue weighted by Crippen LogP contribution is -2.40. The van der Waals surface area contributed by atoms with Crippen molar-refractivity contribution in [3.63, 3.8) is 0 Å². The summed E-state index contributed by atoms with van der Waals surface area (Å²) in [5, 5.41) is 3.69. The molecule has 1 aliphatic heterocycles. The third kappa shape index (κ3) is 2.45. The van der Waals surface area contributed by atoms with Gasteiger partial charge in [-0.2, -0.15) is 0 Å². The van der Waals surface area contributed by atoms with E-state index in [1.807, 2.05) is 0 Å². The second kappa shape index (κ2) is 5.41. The van der Waals surface area contributed by atoms with Crippen molar-refractivity contribution in [3.8, 4) is 0 Å². The highest BCUT2D eigenvalue weighted by Gasteiger charge is 2.25. The van der Waals surface area contributed by atoms with Crippen LogP contribution in [0.3, 0.4) is 0 Å². The minimum absolute atomic E-state index is 0.528. The molecular weight excluding hydrogens is 220 g/mol. The molecule has 0 amide bonds. The van der Waals surface area contributed by atoms with Crippen molar-refractivity contribution >= 4 is 0 Å². The Kier molecular flexibility index (Phi) is 3.67. The van der Waals surface area contributed by atoms with Gasteiger partial charge >= 0.3 is 0 Å². The molecule has 2 heteroatoms. The normalized spacial score (nSPS) is 24.4. The third-order valence-electron chi connectivity index (χ3n) is 4.63. The van der Waals surface area contributed by atoms with Crippen molar-refractivity contribution < 1.29 is 0 Å². The predicted octanol–water partition coefficient (Wildman–Crippen LogP) is 2.75. The minimum Gasteiger partial charge on any atom is -0.309 e. The van der Waals surface area contributed by atoms with E-state index in [0.29, 0.717) is 6.04 Å². The maximum Gasteiger partial charge on any atom is 0.0452 e. The van der Waals surface area contributed by atoms with Crippen LogP contribution in [-0.4, -0.2) is 31.1 Å². The average Bonchev–Trinajstić information content (AvgIpc) is 2.93. The van der Waals surface area contributed by atoms with Crippen molar-refractivity contribution in [2.75, 3.05) is 20.1 Å². The highest BCUT2D eigenvalue weighted by molar-refractivity contribution is 5.32. The summed E-state index contributed by atoms with van der Waals surface area (Å²) in [7, 11) is 2.30. The number of benzene rings is 1. The molecule has 1 atom stereocenters. The van der Waals surface area contributed by atoms with Crippen LogP contribution in [0.1, 0.15) is 42.9 Å². The van der Waals surface area contributed by atoms with Gasteiger partial charge in [-0.05, 0) is 44.0 Å². The first-order valence-electron chi connectivity index (χ1n) is 7.36. The molecule has 1 heterocycles. The summed E-state index contributed by atoms with van der Waals surface area (Å²) in [5.41, 5.74) is 3.06. The van der Waals surface area contributed by atoms with Crippen LogP contribution in [0.5, 0.6) is 0 Å². The van der Waals surface area contributed by atoms with Gasteiger partial charge in [0.25, 0.3) is 0 Å². The lowest BCUT2D eigenvalue weighted by molar-refractivity contribution is 0.216. The molecular formula is C16H24N2. The fourth-order valence-electron chi connectivity index (χ4n) is 3.54. The Morgan fingerprint density at radius 2 is 2.00 bits per heavy atom. The first kappa shape index (κ1) is 12.2. The number of likely N-dealkylation sites (N-methyl/N-ethyl adjacent to an activating group) is 1. The molecule has 2 aliphatic rings. The van der Waals surface area contributed by atoms with Crippen LogP contribution in [-0.2, 0) is 6.42 Å². The maximum absolute atomic E-state index is 3.69. The van der Waals surface area contributed by atoms with Gasteiger partial charge < -0.3 is 10.2 Å². The van der Waals surface area contributed by atoms with Gasteiger partial charge in [0.05, 0.1) is 0 Å². The number of fused-ring (bicyclic) bond motifs is 1. The molecule has 2 nitrogen and oxygen atoms in total. The van der Waals surface area contributed by atoms with Gasteiger partial charge in [-0.3, -0.25) is 0 Å². The zero-order valence-corrected chi connectivity index (χ0v) is 11.4. The number of nitrogens with one attached hydrogen (secondary N) is 1. The van der Waals surface area contributed by atoms with E-state index in [9.17, 15) is 0 Å². The molecule has 0 radical (unpaired) electrons. The maximum atomic E-state index is 3.69. The predicted molar refractivity (Wildman–Crippen MR) is 75.8 cm³/mol. The second-order valence-corrected chi connectivity index (χ2v) is 5.83. The Hall–Kier alpha value is -0.860. The molecule has 1 unspecified atom stereocenters. The molecule has 0 saturated heterocycles. The molecule has 18 heavy (non-hydrogen) atoms. The van der Waals surface area contributed by atoms with E-state index in [0.717, 1.165) is 19.1 Å². The first-order chi connectivity index (χ1) is 8.84. The minimum atomic E-state index is 0.528. The van der Waals surface area contributed by atoms with Crippen LogP contribution in [0.15, 0.2) is 24.3 Å². The SMILES string of the molecule is CN(CC1NCCc2ccccc21)C1CCCC1. The van der Waals surface area contributed by atoms with Crippen LogP contribution < -0.4 is 5.32 Å². The van der Waals surface area contributed by atoms with Crippen molar-refractivity contribution in [3.05, 3.63) is 35.4 Å². The van der Waals surface area contributed by atoms with Gasteiger partial charge in [0.1, 0.15) is 0 Å². The number of rotatable bonds is 3. The molecule has 3 rings (SSSR count). The van der Waals surface area contributed by atoms with Gasteiger partial charge in [0.2, 0.25) is 0 Å². The quantitative estimate of drug-likeness (QED) is 0.879. The lowest BCUT2D eigenvalue weighted by atomic mass is 9.94. The molecule has 1 aromatic rings. The van der Waals surface area contributed by atoms with E-state index in [4.69, 9.17) is 0 Å². The van der Waals surface area contributed by atoms with E-state index in [-0.39, 0.29) is 0 Å². The molecule has 0 spiro atoms. The Morgan fingerprint density at radius 3 is 2.83 bits per heavy atom. The Bertz CT molecular complexity index is 396. The van der Waals surface area contributed by atoms with E-state index in [1.165, 1.54) is 37.7 Å². The fourth-order valence-corrected chi connectivity index (χ4v) is 3.54. The Balaban J connectivity index is 1.70. The van der Waals surface area contributed by atoms with Crippen LogP contribution in [0.25, 0.3) is 0 Å². The molecule has 0 aromatic heterocycles. The summed E-state index contributed by atoms with van der Waals surface area (Å²) >= 11 is 0. The van der Waals surface area contributed by atoms with Gasteiger partial charge in [-0.25, -0.2) is 0 Å². The average molecular weight is 244 g/mol. The van der Waals surface area contributed by atoms with Crippen LogP contribution in [0, 0.1) is 0 Å². The zero-order chi connectivity index (χ0) is 12.4. The van der Waals surface area contributed by atoms with Crippen molar-refractivity contribution in [2.24, 2.45) is 0 Å². The summed E-state index contributed by atoms with van der Waals surface area (Å²) in [6.07, 6.45) is 6.81. The standard InChI is InChI=1S/C16H24N2/c1-18(14-7-3-4-8-14)12-16-15-9-5-2-6-13(15)10-11-17-16/h2,5-6,9,14,16-17H,3-4,7-8,10-12H2,1H3. The topological polar surface area (TPSA) is 15.3 Å². The van der Waals surface area contributed by atoms with E-state index in [2.05, 4.69) is 41.5 Å². The monoisotopic (exact) mass is 244 g/mol. The zero-order valence-electron chi connectivity index (χ0n) is 11.4. The molecule has 0 bridgehead atoms. The van der Waals surface area contributed by atoms with E-state index >= 15 is 0 Å². The fraction of sp³-hybridized carbons (Fsp3) is 0.625. The molecule has 98 valence electrons. The molecule has 1 saturated carbocycles. The Morgan fingerprint density at radius 1 is 1.22 bits per heavy atom. The molecule has 1 aromatic carbocycles. The summed E-state index contributed by atoms with van der Waals surface area (Å²) in [6, 6.07) is 10.3. The summed E-state index contributed by atoms with van der Waals surface area (Å²) in [4.78, 5) is 2.58. The van der Waals surface area contributed by atoms with Gasteiger partial charge in [-0.1, -0.05) is 37.1 Å². The van der Waals surface area contributed by atoms with Crippen molar-refractivity contribution in [1.29, 1.82) is 0 Å². The molecule has 1 aliphatic carbocycles. The van der Waals surface area contributed by atoms with E-state index < -0.39 is 0 Å². The number of hydrogen-bond donors (Lipinski definition) is 1. The third-order valence-corrected chi connectivity index (χ3v) is 4.63. The summed E-state index contributed by atoms with van der Waals surface area (Å²) < 4.78 is 0. The first-order valence-corrected chi connectivity index (χ1v) is 7.36. The smallest absolute Gasteiger partial charge is 0.0452 e. The molecule has 1 fully saturated rings. The molecule has 1 N–H and O–H groups in total. The second-order valence-electron chi connectivity index (χ2n) is 5.83. The van der Waals surface area contributed by atoms with Gasteiger partial charge in [0.15, 0.2) is 0 Å². The van der Waals surface area contributed by atoms with E-state index in [1.54, 1.807) is 5.56 Å². The van der Waals surface area contributed by atoms with Crippen molar-refractivity contribution in [2.45, 2.75) is 44.2 Å². The van der Waals surface area contributed by atoms with Crippen LogP contribution >= 0.6 is 0 Å². The Labute approximate surface area is 110 Å².